The first-order chi connectivity index (χ1) is 16.0. The molecular formula is C24H32N4O5. The number of fused-ring (bicyclic) bond motifs is 1. The maximum atomic E-state index is 12.9. The number of likely N-dealkylation sites (tertiary alicyclic amines) is 1. The summed E-state index contributed by atoms with van der Waals surface area (Å²) in [4.78, 5) is 49.2. The molecule has 0 aromatic heterocycles. The average molecular weight is 457 g/mol. The molecule has 1 aromatic carbocycles. The third-order valence-electron chi connectivity index (χ3n) is 7.21. The number of nitrogens with zero attached hydrogens (tertiary/aromatic N) is 2. The summed E-state index contributed by atoms with van der Waals surface area (Å²) in [5.74, 6) is -0.731. The third-order valence-corrected chi connectivity index (χ3v) is 7.21. The molecule has 3 aliphatic heterocycles. The molecule has 3 N–H and O–H groups in total. The Kier molecular flexibility index (Phi) is 7.27. The number of rotatable bonds is 4. The Labute approximate surface area is 193 Å². The maximum Gasteiger partial charge on any atom is 0.290 e. The van der Waals surface area contributed by atoms with Crippen LogP contribution in [0.1, 0.15) is 67.3 Å². The average Bonchev–Trinajstić information content (AvgIpc) is 3.39. The summed E-state index contributed by atoms with van der Waals surface area (Å²) in [6.07, 6.45) is 8.33. The summed E-state index contributed by atoms with van der Waals surface area (Å²) in [5.41, 5.74) is 2.69. The van der Waals surface area contributed by atoms with Crippen molar-refractivity contribution in [1.82, 2.24) is 15.1 Å². The molecule has 4 aliphatic rings. The van der Waals surface area contributed by atoms with Crippen LogP contribution >= 0.6 is 0 Å². The van der Waals surface area contributed by atoms with Crippen molar-refractivity contribution in [2.24, 2.45) is 0 Å². The third kappa shape index (κ3) is 5.03. The molecule has 0 spiro atoms. The molecule has 0 bridgehead atoms. The van der Waals surface area contributed by atoms with Gasteiger partial charge in [0.05, 0.1) is 0 Å². The van der Waals surface area contributed by atoms with Gasteiger partial charge >= 0.3 is 0 Å². The van der Waals surface area contributed by atoms with Gasteiger partial charge in [-0.1, -0.05) is 6.42 Å². The normalized spacial score (nSPS) is 27.5. The maximum absolute atomic E-state index is 12.9. The second-order valence-electron chi connectivity index (χ2n) is 9.22. The molecule has 1 aliphatic carbocycles. The molecule has 0 radical (unpaired) electrons. The Morgan fingerprint density at radius 2 is 1.79 bits per heavy atom. The van der Waals surface area contributed by atoms with Crippen molar-refractivity contribution in [2.45, 2.75) is 76.0 Å². The fourth-order valence-electron chi connectivity index (χ4n) is 5.67. The summed E-state index contributed by atoms with van der Waals surface area (Å²) >= 11 is 0. The van der Waals surface area contributed by atoms with Crippen LogP contribution in [0.5, 0.6) is 0 Å². The number of imide groups is 1. The zero-order chi connectivity index (χ0) is 23.4. The van der Waals surface area contributed by atoms with Crippen molar-refractivity contribution in [3.05, 3.63) is 29.3 Å². The number of carboxylic acid groups (broad SMARTS) is 1. The number of carbonyl (C=O) groups excluding carboxylic acids is 3. The Balaban J connectivity index is 0.000000821. The number of nitrogens with one attached hydrogen (secondary N) is 2. The van der Waals surface area contributed by atoms with E-state index < -0.39 is 6.04 Å². The van der Waals surface area contributed by atoms with Crippen molar-refractivity contribution in [3.8, 4) is 0 Å². The molecule has 5 rings (SSSR count). The van der Waals surface area contributed by atoms with E-state index in [9.17, 15) is 14.4 Å². The lowest BCUT2D eigenvalue weighted by atomic mass is 10.0. The van der Waals surface area contributed by atoms with E-state index in [2.05, 4.69) is 21.6 Å². The van der Waals surface area contributed by atoms with Gasteiger partial charge in [-0.3, -0.25) is 29.4 Å². The van der Waals surface area contributed by atoms with Gasteiger partial charge in [0.25, 0.3) is 12.4 Å². The minimum absolute atomic E-state index is 0.113. The molecule has 1 unspecified atom stereocenters. The largest absolute Gasteiger partial charge is 0.483 e. The van der Waals surface area contributed by atoms with Gasteiger partial charge < -0.3 is 15.3 Å². The number of hydrogen-bond acceptors (Lipinski definition) is 6. The Morgan fingerprint density at radius 1 is 1.03 bits per heavy atom. The van der Waals surface area contributed by atoms with Crippen molar-refractivity contribution in [1.29, 1.82) is 0 Å². The van der Waals surface area contributed by atoms with Crippen molar-refractivity contribution in [2.75, 3.05) is 18.4 Å². The number of benzene rings is 1. The minimum Gasteiger partial charge on any atom is -0.483 e. The molecule has 178 valence electrons. The van der Waals surface area contributed by atoms with Crippen LogP contribution < -0.4 is 10.6 Å². The summed E-state index contributed by atoms with van der Waals surface area (Å²) in [6, 6.07) is 6.44. The van der Waals surface area contributed by atoms with E-state index >= 15 is 0 Å². The minimum atomic E-state index is -0.558. The lowest BCUT2D eigenvalue weighted by Crippen LogP contribution is -2.52. The standard InChI is InChI=1S/C23H30N4O3.CH2O2/c28-21-10-9-20(22(29)25-21)27-14-15-13-16(7-8-17(15)23(27)30)24-18-5-4-6-19(18)26-11-2-1-3-12-26;2-1-3/h7-8,13,18-20,24H,1-6,9-12,14H2,(H,25,28,29);1H,(H,2,3)/t18-,19-,20?;/m0./s1. The molecule has 33 heavy (non-hydrogen) atoms. The quantitative estimate of drug-likeness (QED) is 0.468. The monoisotopic (exact) mass is 456 g/mol. The van der Waals surface area contributed by atoms with Crippen LogP contribution in [-0.2, 0) is 20.9 Å². The van der Waals surface area contributed by atoms with E-state index in [0.29, 0.717) is 30.6 Å². The highest BCUT2D eigenvalue weighted by atomic mass is 16.3. The Hall–Kier alpha value is -2.94. The smallest absolute Gasteiger partial charge is 0.290 e. The van der Waals surface area contributed by atoms with Gasteiger partial charge in [0.15, 0.2) is 0 Å². The number of carbonyl (C=O) groups is 4. The van der Waals surface area contributed by atoms with E-state index in [4.69, 9.17) is 9.90 Å². The van der Waals surface area contributed by atoms with Gasteiger partial charge in [-0.15, -0.1) is 0 Å². The molecule has 9 heteroatoms. The van der Waals surface area contributed by atoms with Gasteiger partial charge in [-0.25, -0.2) is 0 Å². The second-order valence-corrected chi connectivity index (χ2v) is 9.22. The molecule has 1 aromatic rings. The molecule has 2 saturated heterocycles. The fraction of sp³-hybridized carbons (Fsp3) is 0.583. The SMILES string of the molecule is O=C1CCC(N2Cc3cc(N[C@H]4CCC[C@@H]4N4CCCCC4)ccc3C2=O)C(=O)N1.O=CO. The first-order valence-corrected chi connectivity index (χ1v) is 11.9. The van der Waals surface area contributed by atoms with Gasteiger partial charge in [0, 0.05) is 36.3 Å². The number of amides is 3. The molecule has 3 amide bonds. The molecule has 1 saturated carbocycles. The molecule has 3 fully saturated rings. The van der Waals surface area contributed by atoms with Crippen molar-refractivity contribution in [3.63, 3.8) is 0 Å². The molecule has 3 atom stereocenters. The molecule has 9 nitrogen and oxygen atoms in total. The summed E-state index contributed by atoms with van der Waals surface area (Å²) in [5, 5.41) is 13.0. The fourth-order valence-corrected chi connectivity index (χ4v) is 5.67. The lowest BCUT2D eigenvalue weighted by Gasteiger charge is -2.36. The number of piperidine rings is 2. The summed E-state index contributed by atoms with van der Waals surface area (Å²) < 4.78 is 0. The first kappa shape index (κ1) is 23.2. The highest BCUT2D eigenvalue weighted by Gasteiger charge is 2.39. The van der Waals surface area contributed by atoms with E-state index in [1.54, 1.807) is 4.90 Å². The Bertz CT molecular complexity index is 914. The van der Waals surface area contributed by atoms with Crippen LogP contribution in [0.3, 0.4) is 0 Å². The highest BCUT2D eigenvalue weighted by molar-refractivity contribution is 6.05. The van der Waals surface area contributed by atoms with Gasteiger partial charge in [-0.2, -0.15) is 0 Å². The Morgan fingerprint density at radius 3 is 2.52 bits per heavy atom. The van der Waals surface area contributed by atoms with Crippen LogP contribution in [-0.4, -0.2) is 70.3 Å². The number of anilines is 1. The van der Waals surface area contributed by atoms with Crippen LogP contribution in [0.15, 0.2) is 18.2 Å². The summed E-state index contributed by atoms with van der Waals surface area (Å²) in [6.45, 7) is 2.60. The van der Waals surface area contributed by atoms with Crippen LogP contribution in [0.4, 0.5) is 5.69 Å². The lowest BCUT2D eigenvalue weighted by molar-refractivity contribution is -0.137. The summed E-state index contributed by atoms with van der Waals surface area (Å²) in [7, 11) is 0. The van der Waals surface area contributed by atoms with E-state index in [1.807, 2.05) is 12.1 Å². The van der Waals surface area contributed by atoms with Crippen LogP contribution in [0.25, 0.3) is 0 Å². The van der Waals surface area contributed by atoms with E-state index in [0.717, 1.165) is 11.3 Å². The highest BCUT2D eigenvalue weighted by Crippen LogP contribution is 2.32. The zero-order valence-corrected chi connectivity index (χ0v) is 18.8. The van der Waals surface area contributed by atoms with Crippen molar-refractivity contribution >= 4 is 29.9 Å². The number of hydrogen-bond donors (Lipinski definition) is 3. The zero-order valence-electron chi connectivity index (χ0n) is 18.8. The van der Waals surface area contributed by atoms with E-state index in [1.165, 1.54) is 51.6 Å². The van der Waals surface area contributed by atoms with Crippen LogP contribution in [0.2, 0.25) is 0 Å². The van der Waals surface area contributed by atoms with Gasteiger partial charge in [0.2, 0.25) is 11.8 Å². The molecule has 3 heterocycles. The van der Waals surface area contributed by atoms with E-state index in [-0.39, 0.29) is 30.6 Å². The van der Waals surface area contributed by atoms with Crippen LogP contribution in [0, 0.1) is 0 Å². The van der Waals surface area contributed by atoms with Gasteiger partial charge in [0.1, 0.15) is 6.04 Å². The second kappa shape index (κ2) is 10.3. The topological polar surface area (TPSA) is 119 Å². The molecular weight excluding hydrogens is 424 g/mol. The van der Waals surface area contributed by atoms with Crippen molar-refractivity contribution < 1.29 is 24.3 Å². The predicted molar refractivity (Wildman–Crippen MR) is 122 cm³/mol. The predicted octanol–water partition coefficient (Wildman–Crippen LogP) is 1.97. The van der Waals surface area contributed by atoms with Gasteiger partial charge in [-0.05, 0) is 75.4 Å². The first-order valence-electron chi connectivity index (χ1n) is 11.9.